The van der Waals surface area contributed by atoms with Crippen molar-refractivity contribution in [2.75, 3.05) is 6.54 Å². The van der Waals surface area contributed by atoms with Crippen molar-refractivity contribution < 1.29 is 19.5 Å². The first-order chi connectivity index (χ1) is 14.0. The molecule has 3 aliphatic rings. The highest BCUT2D eigenvalue weighted by molar-refractivity contribution is 8.05. The summed E-state index contributed by atoms with van der Waals surface area (Å²) in [5, 5.41) is 15.6. The zero-order valence-electron chi connectivity index (χ0n) is 15.5. The van der Waals surface area contributed by atoms with E-state index in [2.05, 4.69) is 11.4 Å². The smallest absolute Gasteiger partial charge is 0.321 e. The fraction of sp³-hybridized carbons (Fsp3) is 0.333. The summed E-state index contributed by atoms with van der Waals surface area (Å²) in [5.41, 5.74) is 2.62. The largest absolute Gasteiger partial charge is 0.480 e. The summed E-state index contributed by atoms with van der Waals surface area (Å²) < 4.78 is 0. The minimum atomic E-state index is -1.12. The van der Waals surface area contributed by atoms with Crippen molar-refractivity contribution in [3.63, 3.8) is 0 Å². The molecule has 6 nitrogen and oxygen atoms in total. The van der Waals surface area contributed by atoms with Crippen LogP contribution in [0, 0.1) is 11.8 Å². The Morgan fingerprint density at radius 3 is 2.72 bits per heavy atom. The number of ketones is 1. The van der Waals surface area contributed by atoms with Gasteiger partial charge in [0.05, 0.1) is 11.6 Å². The fourth-order valence-corrected chi connectivity index (χ4v) is 5.08. The quantitative estimate of drug-likeness (QED) is 0.712. The molecule has 0 bridgehead atoms. The molecule has 3 atom stereocenters. The first-order valence-corrected chi connectivity index (χ1v) is 10.8. The maximum atomic E-state index is 13.3. The van der Waals surface area contributed by atoms with E-state index in [0.717, 1.165) is 18.4 Å². The van der Waals surface area contributed by atoms with Gasteiger partial charge < -0.3 is 5.11 Å². The number of fused-ring (bicyclic) bond motifs is 1. The standard InChI is InChI=1S/C21H20N2O4S2/c24-19(17-16(28)10-22-18(17)21(26)27)15-11-29-8-7-23(15)20(25)14-6-5-12-3-1-2-4-13(12)9-14/h1-4,7-8,11,14,17-18,22H,5-6,9-10H2,(H,26,27)/t14?,17?,18-/m0/s1. The molecular weight excluding hydrogens is 408 g/mol. The number of thiocarbonyl (C=S) groups is 1. The van der Waals surface area contributed by atoms with Crippen molar-refractivity contribution in [2.24, 2.45) is 11.8 Å². The number of benzene rings is 1. The number of amides is 1. The molecule has 1 aliphatic carbocycles. The van der Waals surface area contributed by atoms with Crippen molar-refractivity contribution in [2.45, 2.75) is 25.3 Å². The van der Waals surface area contributed by atoms with Gasteiger partial charge in [0.1, 0.15) is 6.04 Å². The molecule has 0 radical (unpaired) electrons. The van der Waals surface area contributed by atoms with Crippen LogP contribution in [-0.4, -0.2) is 45.1 Å². The Morgan fingerprint density at radius 1 is 1.21 bits per heavy atom. The van der Waals surface area contributed by atoms with Gasteiger partial charge in [-0.05, 0) is 35.8 Å². The third-order valence-corrected chi connectivity index (χ3v) is 6.68. The summed E-state index contributed by atoms with van der Waals surface area (Å²) in [6.45, 7) is 0.201. The molecular formula is C21H20N2O4S2. The second-order valence-corrected chi connectivity index (χ2v) is 8.65. The van der Waals surface area contributed by atoms with E-state index in [1.165, 1.54) is 22.2 Å². The molecule has 1 aromatic rings. The number of nitrogens with zero attached hydrogens (tertiary/aromatic N) is 1. The fourth-order valence-electron chi connectivity index (χ4n) is 4.12. The van der Waals surface area contributed by atoms with E-state index in [-0.39, 0.29) is 24.1 Å². The highest BCUT2D eigenvalue weighted by Gasteiger charge is 2.44. The Bertz CT molecular complexity index is 956. The molecule has 0 aromatic heterocycles. The van der Waals surface area contributed by atoms with Crippen LogP contribution in [0.25, 0.3) is 0 Å². The first kappa shape index (κ1) is 20.0. The van der Waals surface area contributed by atoms with Gasteiger partial charge in [0.15, 0.2) is 5.78 Å². The highest BCUT2D eigenvalue weighted by Crippen LogP contribution is 2.32. The number of carboxylic acid groups (broad SMARTS) is 1. The van der Waals surface area contributed by atoms with Gasteiger partial charge in [-0.3, -0.25) is 24.6 Å². The van der Waals surface area contributed by atoms with E-state index in [1.54, 1.807) is 17.0 Å². The van der Waals surface area contributed by atoms with E-state index in [4.69, 9.17) is 12.2 Å². The number of Topliss-reactive ketones (excluding diaryl/α,β-unsaturated/α-hetero) is 1. The molecule has 1 aromatic carbocycles. The van der Waals surface area contributed by atoms with Crippen LogP contribution in [0.4, 0.5) is 0 Å². The second kappa shape index (κ2) is 8.22. The molecule has 2 aliphatic heterocycles. The SMILES string of the molecule is O=C(C1=CSC=CN1C(=O)C1CCc2ccccc2C1)C1C(=S)CN[C@@H]1C(=O)O. The molecule has 0 spiro atoms. The van der Waals surface area contributed by atoms with Crippen LogP contribution in [0.15, 0.2) is 47.0 Å². The predicted octanol–water partition coefficient (Wildman–Crippen LogP) is 2.29. The summed E-state index contributed by atoms with van der Waals surface area (Å²) in [6, 6.07) is 7.03. The van der Waals surface area contributed by atoms with Crippen LogP contribution < -0.4 is 5.32 Å². The Morgan fingerprint density at radius 2 is 1.97 bits per heavy atom. The summed E-state index contributed by atoms with van der Waals surface area (Å²) >= 11 is 6.54. The number of aryl methyl sites for hydroxylation is 1. The number of carboxylic acids is 1. The van der Waals surface area contributed by atoms with Gasteiger partial charge in [0, 0.05) is 28.9 Å². The lowest BCUT2D eigenvalue weighted by Gasteiger charge is -2.31. The van der Waals surface area contributed by atoms with Gasteiger partial charge in [-0.1, -0.05) is 36.5 Å². The Kier molecular flexibility index (Phi) is 5.67. The van der Waals surface area contributed by atoms with Crippen LogP contribution in [0.3, 0.4) is 0 Å². The van der Waals surface area contributed by atoms with Crippen molar-refractivity contribution in [3.05, 3.63) is 58.1 Å². The summed E-state index contributed by atoms with van der Waals surface area (Å²) in [5.74, 6) is -2.86. The number of allylic oxidation sites excluding steroid dienone is 1. The Labute approximate surface area is 178 Å². The van der Waals surface area contributed by atoms with Crippen LogP contribution in [0.2, 0.25) is 0 Å². The molecule has 2 N–H and O–H groups in total. The predicted molar refractivity (Wildman–Crippen MR) is 114 cm³/mol. The molecule has 1 amide bonds. The third kappa shape index (κ3) is 3.80. The van der Waals surface area contributed by atoms with Gasteiger partial charge in [-0.2, -0.15) is 0 Å². The van der Waals surface area contributed by atoms with Crippen LogP contribution in [0.5, 0.6) is 0 Å². The molecule has 29 heavy (non-hydrogen) atoms. The molecule has 1 saturated heterocycles. The monoisotopic (exact) mass is 428 g/mol. The summed E-state index contributed by atoms with van der Waals surface area (Å²) in [6.07, 6.45) is 3.77. The number of thioether (sulfide) groups is 1. The molecule has 1 fully saturated rings. The minimum absolute atomic E-state index is 0.139. The lowest BCUT2D eigenvalue weighted by Crippen LogP contribution is -2.44. The zero-order valence-corrected chi connectivity index (χ0v) is 17.2. The second-order valence-electron chi connectivity index (χ2n) is 7.35. The van der Waals surface area contributed by atoms with Gasteiger partial charge in [0.25, 0.3) is 0 Å². The summed E-state index contributed by atoms with van der Waals surface area (Å²) in [7, 11) is 0. The molecule has 4 rings (SSSR count). The van der Waals surface area contributed by atoms with E-state index < -0.39 is 23.7 Å². The van der Waals surface area contributed by atoms with Gasteiger partial charge in [-0.25, -0.2) is 0 Å². The molecule has 8 heteroatoms. The summed E-state index contributed by atoms with van der Waals surface area (Å²) in [4.78, 5) is 39.8. The maximum Gasteiger partial charge on any atom is 0.321 e. The zero-order chi connectivity index (χ0) is 20.5. The number of aliphatic carboxylic acids is 1. The highest BCUT2D eigenvalue weighted by atomic mass is 32.2. The van der Waals surface area contributed by atoms with Gasteiger partial charge >= 0.3 is 5.97 Å². The maximum absolute atomic E-state index is 13.3. The number of nitrogens with one attached hydrogen (secondary N) is 1. The Balaban J connectivity index is 1.56. The number of hydrogen-bond donors (Lipinski definition) is 2. The topological polar surface area (TPSA) is 86.7 Å². The van der Waals surface area contributed by atoms with Crippen molar-refractivity contribution in [1.82, 2.24) is 10.2 Å². The van der Waals surface area contributed by atoms with Crippen LogP contribution >= 0.6 is 24.0 Å². The number of hydrogen-bond acceptors (Lipinski definition) is 6. The average molecular weight is 429 g/mol. The first-order valence-electron chi connectivity index (χ1n) is 9.42. The van der Waals surface area contributed by atoms with Crippen molar-refractivity contribution >= 4 is 46.5 Å². The molecule has 2 unspecified atom stereocenters. The van der Waals surface area contributed by atoms with Crippen LogP contribution in [0.1, 0.15) is 17.5 Å². The van der Waals surface area contributed by atoms with E-state index in [1.807, 2.05) is 18.2 Å². The van der Waals surface area contributed by atoms with E-state index in [0.29, 0.717) is 11.3 Å². The number of carbonyl (C=O) groups is 3. The number of carbonyl (C=O) groups excluding carboxylic acids is 2. The van der Waals surface area contributed by atoms with E-state index in [9.17, 15) is 19.5 Å². The Hall–Kier alpha value is -2.29. The van der Waals surface area contributed by atoms with Crippen molar-refractivity contribution in [3.8, 4) is 0 Å². The van der Waals surface area contributed by atoms with Crippen molar-refractivity contribution in [1.29, 1.82) is 0 Å². The molecule has 0 saturated carbocycles. The third-order valence-electron chi connectivity index (χ3n) is 5.64. The molecule has 150 valence electrons. The van der Waals surface area contributed by atoms with E-state index >= 15 is 0 Å². The minimum Gasteiger partial charge on any atom is -0.480 e. The lowest BCUT2D eigenvalue weighted by molar-refractivity contribution is -0.141. The average Bonchev–Trinajstić information content (AvgIpc) is 3.14. The number of rotatable bonds is 4. The lowest BCUT2D eigenvalue weighted by atomic mass is 9.83. The molecule has 2 heterocycles. The van der Waals surface area contributed by atoms with Gasteiger partial charge in [-0.15, -0.1) is 11.8 Å². The van der Waals surface area contributed by atoms with Crippen LogP contribution in [-0.2, 0) is 27.2 Å². The van der Waals surface area contributed by atoms with Gasteiger partial charge in [0.2, 0.25) is 5.91 Å². The normalized spacial score (nSPS) is 26.1.